The van der Waals surface area contributed by atoms with Gasteiger partial charge < -0.3 is 9.32 Å². The molecule has 27 heavy (non-hydrogen) atoms. The van der Waals surface area contributed by atoms with Crippen LogP contribution in [0.5, 0.6) is 0 Å². The van der Waals surface area contributed by atoms with Gasteiger partial charge in [-0.05, 0) is 20.3 Å². The molecule has 0 aliphatic carbocycles. The second-order valence-corrected chi connectivity index (χ2v) is 8.27. The van der Waals surface area contributed by atoms with Crippen LogP contribution in [-0.4, -0.2) is 56.7 Å². The lowest BCUT2D eigenvalue weighted by Crippen LogP contribution is -2.35. The molecule has 0 radical (unpaired) electrons. The summed E-state index contributed by atoms with van der Waals surface area (Å²) in [6, 6.07) is 0. The van der Waals surface area contributed by atoms with Crippen LogP contribution in [0.1, 0.15) is 61.8 Å². The number of amides is 1. The maximum atomic E-state index is 12.9. The van der Waals surface area contributed by atoms with Gasteiger partial charge in [0.05, 0.1) is 24.0 Å². The first kappa shape index (κ1) is 19.6. The molecule has 1 amide bonds. The molecule has 2 aromatic heterocycles. The Labute approximate surface area is 161 Å². The molecule has 0 unspecified atom stereocenters. The number of hydrogen-bond acceptors (Lipinski definition) is 5. The van der Waals surface area contributed by atoms with Gasteiger partial charge in [0.15, 0.2) is 0 Å². The van der Waals surface area contributed by atoms with E-state index in [0.717, 1.165) is 49.9 Å². The fourth-order valence-electron chi connectivity index (χ4n) is 3.31. The molecule has 7 nitrogen and oxygen atoms in total. The predicted octanol–water partition coefficient (Wildman–Crippen LogP) is 2.85. The summed E-state index contributed by atoms with van der Waals surface area (Å²) in [6.45, 7) is 15.0. The van der Waals surface area contributed by atoms with Gasteiger partial charge in [0, 0.05) is 44.3 Å². The monoisotopic (exact) mass is 373 g/mol. The third-order valence-electron chi connectivity index (χ3n) is 5.03. The van der Waals surface area contributed by atoms with Crippen LogP contribution in [0.15, 0.2) is 16.8 Å². The Hall–Kier alpha value is -2.15. The molecule has 1 aliphatic rings. The van der Waals surface area contributed by atoms with Crippen LogP contribution < -0.4 is 0 Å². The van der Waals surface area contributed by atoms with E-state index < -0.39 is 0 Å². The highest BCUT2D eigenvalue weighted by Gasteiger charge is 2.24. The molecule has 0 saturated carbocycles. The zero-order chi connectivity index (χ0) is 19.6. The van der Waals surface area contributed by atoms with Crippen LogP contribution >= 0.6 is 0 Å². The standard InChI is InChI=1S/C20H31N5O2/c1-6-25-13-16(15(2)22-25)19(26)24-9-7-8-23(10-11-24)14-18-21-12-17(27-18)20(3,4)5/h12-13H,6-11,14H2,1-5H3. The Morgan fingerprint density at radius 3 is 2.63 bits per heavy atom. The van der Waals surface area contributed by atoms with Crippen molar-refractivity contribution >= 4 is 5.91 Å². The molecule has 0 aromatic carbocycles. The maximum Gasteiger partial charge on any atom is 0.257 e. The van der Waals surface area contributed by atoms with E-state index in [9.17, 15) is 4.79 Å². The number of carbonyl (C=O) groups is 1. The van der Waals surface area contributed by atoms with E-state index in [1.165, 1.54) is 0 Å². The quantitative estimate of drug-likeness (QED) is 0.824. The van der Waals surface area contributed by atoms with Gasteiger partial charge in [-0.3, -0.25) is 14.4 Å². The number of nitrogens with zero attached hydrogens (tertiary/aromatic N) is 5. The van der Waals surface area contributed by atoms with Crippen molar-refractivity contribution in [1.82, 2.24) is 24.6 Å². The Kier molecular flexibility index (Phi) is 5.69. The van der Waals surface area contributed by atoms with E-state index >= 15 is 0 Å². The first-order valence-electron chi connectivity index (χ1n) is 9.78. The third kappa shape index (κ3) is 4.58. The largest absolute Gasteiger partial charge is 0.444 e. The van der Waals surface area contributed by atoms with Crippen molar-refractivity contribution in [2.75, 3.05) is 26.2 Å². The second kappa shape index (κ2) is 7.84. The van der Waals surface area contributed by atoms with Crippen LogP contribution in [0.3, 0.4) is 0 Å². The zero-order valence-electron chi connectivity index (χ0n) is 17.2. The summed E-state index contributed by atoms with van der Waals surface area (Å²) in [6.07, 6.45) is 4.64. The molecule has 1 aliphatic heterocycles. The van der Waals surface area contributed by atoms with Gasteiger partial charge in [-0.25, -0.2) is 4.98 Å². The lowest BCUT2D eigenvalue weighted by Gasteiger charge is -2.21. The minimum atomic E-state index is -0.0337. The highest BCUT2D eigenvalue weighted by molar-refractivity contribution is 5.95. The van der Waals surface area contributed by atoms with E-state index in [4.69, 9.17) is 4.42 Å². The molecule has 3 rings (SSSR count). The molecule has 2 aromatic rings. The molecule has 1 saturated heterocycles. The summed E-state index contributed by atoms with van der Waals surface area (Å²) >= 11 is 0. The van der Waals surface area contributed by atoms with Gasteiger partial charge in [0.25, 0.3) is 5.91 Å². The van der Waals surface area contributed by atoms with Crippen LogP contribution in [0.2, 0.25) is 0 Å². The first-order chi connectivity index (χ1) is 12.8. The summed E-state index contributed by atoms with van der Waals surface area (Å²) in [4.78, 5) is 21.6. The van der Waals surface area contributed by atoms with Crippen molar-refractivity contribution in [3.8, 4) is 0 Å². The number of hydrogen-bond donors (Lipinski definition) is 0. The van der Waals surface area contributed by atoms with Crippen molar-refractivity contribution in [3.05, 3.63) is 35.3 Å². The fraction of sp³-hybridized carbons (Fsp3) is 0.650. The summed E-state index contributed by atoms with van der Waals surface area (Å²) in [5.41, 5.74) is 1.49. The Balaban J connectivity index is 1.61. The Bertz CT molecular complexity index is 787. The summed E-state index contributed by atoms with van der Waals surface area (Å²) in [5, 5.41) is 4.40. The van der Waals surface area contributed by atoms with Gasteiger partial charge in [0.2, 0.25) is 5.89 Å². The molecule has 0 N–H and O–H groups in total. The molecule has 0 spiro atoms. The van der Waals surface area contributed by atoms with Crippen molar-refractivity contribution < 1.29 is 9.21 Å². The molecular weight excluding hydrogens is 342 g/mol. The maximum absolute atomic E-state index is 12.9. The number of rotatable bonds is 4. The van der Waals surface area contributed by atoms with Crippen molar-refractivity contribution in [2.45, 2.75) is 59.5 Å². The lowest BCUT2D eigenvalue weighted by atomic mass is 9.94. The Morgan fingerprint density at radius 1 is 1.22 bits per heavy atom. The molecule has 0 bridgehead atoms. The van der Waals surface area contributed by atoms with Crippen LogP contribution in [0.25, 0.3) is 0 Å². The normalized spacial score (nSPS) is 16.6. The van der Waals surface area contributed by atoms with Gasteiger partial charge in [-0.1, -0.05) is 20.8 Å². The average Bonchev–Trinajstić information content (AvgIpc) is 3.16. The highest BCUT2D eigenvalue weighted by Crippen LogP contribution is 2.23. The van der Waals surface area contributed by atoms with Crippen LogP contribution in [0.4, 0.5) is 0 Å². The van der Waals surface area contributed by atoms with Crippen molar-refractivity contribution in [2.24, 2.45) is 0 Å². The van der Waals surface area contributed by atoms with Crippen LogP contribution in [-0.2, 0) is 18.5 Å². The van der Waals surface area contributed by atoms with Crippen LogP contribution in [0, 0.1) is 6.92 Å². The number of oxazole rings is 1. The van der Waals surface area contributed by atoms with Gasteiger partial charge in [0.1, 0.15) is 5.76 Å². The van der Waals surface area contributed by atoms with Crippen molar-refractivity contribution in [1.29, 1.82) is 0 Å². The fourth-order valence-corrected chi connectivity index (χ4v) is 3.31. The van der Waals surface area contributed by atoms with Gasteiger partial charge >= 0.3 is 0 Å². The number of carbonyl (C=O) groups excluding carboxylic acids is 1. The average molecular weight is 374 g/mol. The predicted molar refractivity (Wildman–Crippen MR) is 104 cm³/mol. The third-order valence-corrected chi connectivity index (χ3v) is 5.03. The molecule has 148 valence electrons. The van der Waals surface area contributed by atoms with E-state index in [1.54, 1.807) is 0 Å². The molecule has 0 atom stereocenters. The van der Waals surface area contributed by atoms with Gasteiger partial charge in [-0.2, -0.15) is 5.10 Å². The minimum absolute atomic E-state index is 0.0337. The molecule has 3 heterocycles. The minimum Gasteiger partial charge on any atom is -0.444 e. The zero-order valence-corrected chi connectivity index (χ0v) is 17.2. The lowest BCUT2D eigenvalue weighted by molar-refractivity contribution is 0.0760. The molecule has 7 heteroatoms. The molecule has 1 fully saturated rings. The SMILES string of the molecule is CCn1cc(C(=O)N2CCCN(Cc3ncc(C(C)(C)C)o3)CC2)c(C)n1. The van der Waals surface area contributed by atoms with Gasteiger partial charge in [-0.15, -0.1) is 0 Å². The topological polar surface area (TPSA) is 67.4 Å². The molecular formula is C20H31N5O2. The van der Waals surface area contributed by atoms with E-state index in [-0.39, 0.29) is 11.3 Å². The summed E-state index contributed by atoms with van der Waals surface area (Å²) in [5.74, 6) is 1.74. The summed E-state index contributed by atoms with van der Waals surface area (Å²) in [7, 11) is 0. The second-order valence-electron chi connectivity index (χ2n) is 8.27. The number of aromatic nitrogens is 3. The number of aryl methyl sites for hydroxylation is 2. The van der Waals surface area contributed by atoms with Crippen molar-refractivity contribution in [3.63, 3.8) is 0 Å². The van der Waals surface area contributed by atoms with E-state index in [0.29, 0.717) is 18.7 Å². The van der Waals surface area contributed by atoms with E-state index in [1.807, 2.05) is 35.8 Å². The first-order valence-corrected chi connectivity index (χ1v) is 9.78. The summed E-state index contributed by atoms with van der Waals surface area (Å²) < 4.78 is 7.74. The smallest absolute Gasteiger partial charge is 0.257 e. The highest BCUT2D eigenvalue weighted by atomic mass is 16.4. The van der Waals surface area contributed by atoms with E-state index in [2.05, 4.69) is 35.8 Å². The Morgan fingerprint density at radius 2 is 2.00 bits per heavy atom.